The van der Waals surface area contributed by atoms with Gasteiger partial charge in [0.1, 0.15) is 11.5 Å². The number of carbonyl (C=O) groups excluding carboxylic acids is 1. The normalized spacial score (nSPS) is 16.4. The smallest absolute Gasteiger partial charge is 0.270 e. The number of amides is 1. The Labute approximate surface area is 171 Å². The molecule has 0 unspecified atom stereocenters. The summed E-state index contributed by atoms with van der Waals surface area (Å²) in [5.41, 5.74) is 3.99. The number of rotatable bonds is 5. The minimum atomic E-state index is -0.150. The van der Waals surface area contributed by atoms with E-state index < -0.39 is 0 Å². The van der Waals surface area contributed by atoms with Gasteiger partial charge in [0, 0.05) is 32.2 Å². The molecular formula is C24H26N4O. The average Bonchev–Trinajstić information content (AvgIpc) is 2.78. The van der Waals surface area contributed by atoms with E-state index in [1.54, 1.807) is 6.07 Å². The second-order valence-electron chi connectivity index (χ2n) is 7.42. The molecule has 2 N–H and O–H groups in total. The van der Waals surface area contributed by atoms with Crippen molar-refractivity contribution in [1.29, 1.82) is 0 Å². The number of carbonyl (C=O) groups is 1. The van der Waals surface area contributed by atoms with Gasteiger partial charge in [-0.05, 0) is 30.2 Å². The third-order valence-corrected chi connectivity index (χ3v) is 5.20. The van der Waals surface area contributed by atoms with Crippen LogP contribution >= 0.6 is 0 Å². The molecule has 2 aromatic carbocycles. The predicted octanol–water partition coefficient (Wildman–Crippen LogP) is 3.47. The Hall–Kier alpha value is -3.18. The number of anilines is 1. The molecule has 1 aromatic heterocycles. The first-order valence-electron chi connectivity index (χ1n) is 10.0. The van der Waals surface area contributed by atoms with Crippen LogP contribution in [0.5, 0.6) is 0 Å². The topological polar surface area (TPSA) is 57.3 Å². The van der Waals surface area contributed by atoms with E-state index in [0.717, 1.165) is 31.0 Å². The summed E-state index contributed by atoms with van der Waals surface area (Å²) >= 11 is 0. The van der Waals surface area contributed by atoms with Gasteiger partial charge in [-0.15, -0.1) is 0 Å². The third kappa shape index (κ3) is 4.81. The fraction of sp³-hybridized carbons (Fsp3) is 0.250. The number of nitrogens with zero attached hydrogens (tertiary/aromatic N) is 2. The van der Waals surface area contributed by atoms with Crippen LogP contribution in [0, 0.1) is 6.92 Å². The van der Waals surface area contributed by atoms with Crippen LogP contribution in [0.1, 0.15) is 33.2 Å². The van der Waals surface area contributed by atoms with Crippen molar-refractivity contribution in [3.63, 3.8) is 0 Å². The van der Waals surface area contributed by atoms with Crippen LogP contribution in [0.25, 0.3) is 0 Å². The van der Waals surface area contributed by atoms with Crippen molar-refractivity contribution in [3.05, 3.63) is 95.2 Å². The summed E-state index contributed by atoms with van der Waals surface area (Å²) in [6.07, 6.45) is 0. The molecule has 0 radical (unpaired) electrons. The van der Waals surface area contributed by atoms with E-state index in [9.17, 15) is 4.79 Å². The highest BCUT2D eigenvalue weighted by Gasteiger charge is 2.22. The number of hydrogen-bond acceptors (Lipinski definition) is 4. The van der Waals surface area contributed by atoms with Gasteiger partial charge in [-0.2, -0.15) is 0 Å². The molecule has 29 heavy (non-hydrogen) atoms. The first-order valence-corrected chi connectivity index (χ1v) is 10.0. The molecule has 1 saturated heterocycles. The molecule has 1 amide bonds. The summed E-state index contributed by atoms with van der Waals surface area (Å²) in [6, 6.07) is 24.5. The second kappa shape index (κ2) is 8.88. The Morgan fingerprint density at radius 1 is 1.10 bits per heavy atom. The zero-order valence-corrected chi connectivity index (χ0v) is 16.6. The number of piperazine rings is 1. The zero-order valence-electron chi connectivity index (χ0n) is 16.6. The van der Waals surface area contributed by atoms with E-state index in [4.69, 9.17) is 0 Å². The van der Waals surface area contributed by atoms with Crippen molar-refractivity contribution in [2.45, 2.75) is 19.5 Å². The van der Waals surface area contributed by atoms with Gasteiger partial charge < -0.3 is 15.5 Å². The van der Waals surface area contributed by atoms with Crippen LogP contribution in [0.3, 0.4) is 0 Å². The number of hydrogen-bond donors (Lipinski definition) is 2. The molecule has 1 aliphatic rings. The first-order chi connectivity index (χ1) is 14.2. The summed E-state index contributed by atoms with van der Waals surface area (Å²) in [6.45, 7) is 5.11. The quantitative estimate of drug-likeness (QED) is 0.705. The lowest BCUT2D eigenvalue weighted by molar-refractivity contribution is 0.0946. The van der Waals surface area contributed by atoms with Crippen LogP contribution in [-0.4, -0.2) is 30.5 Å². The Morgan fingerprint density at radius 2 is 1.93 bits per heavy atom. The first kappa shape index (κ1) is 19.2. The van der Waals surface area contributed by atoms with E-state index in [0.29, 0.717) is 12.2 Å². The van der Waals surface area contributed by atoms with Crippen molar-refractivity contribution in [3.8, 4) is 0 Å². The Kier molecular flexibility index (Phi) is 5.86. The van der Waals surface area contributed by atoms with Crippen LogP contribution in [0.2, 0.25) is 0 Å². The van der Waals surface area contributed by atoms with Gasteiger partial charge >= 0.3 is 0 Å². The predicted molar refractivity (Wildman–Crippen MR) is 116 cm³/mol. The van der Waals surface area contributed by atoms with Gasteiger partial charge in [0.2, 0.25) is 0 Å². The number of aryl methyl sites for hydroxylation is 1. The van der Waals surface area contributed by atoms with Crippen molar-refractivity contribution in [2.75, 3.05) is 24.5 Å². The maximum Gasteiger partial charge on any atom is 0.270 e. The van der Waals surface area contributed by atoms with Gasteiger partial charge in [-0.1, -0.05) is 66.2 Å². The molecule has 1 aliphatic heterocycles. The van der Waals surface area contributed by atoms with Crippen molar-refractivity contribution < 1.29 is 4.79 Å². The van der Waals surface area contributed by atoms with E-state index in [1.807, 2.05) is 43.3 Å². The van der Waals surface area contributed by atoms with Gasteiger partial charge in [0.15, 0.2) is 0 Å². The van der Waals surface area contributed by atoms with Gasteiger partial charge in [0.05, 0.1) is 0 Å². The highest BCUT2D eigenvalue weighted by Crippen LogP contribution is 2.21. The molecule has 1 atom stereocenters. The Morgan fingerprint density at radius 3 is 2.76 bits per heavy atom. The summed E-state index contributed by atoms with van der Waals surface area (Å²) in [5.74, 6) is 0.693. The zero-order chi connectivity index (χ0) is 20.1. The minimum absolute atomic E-state index is 0.150. The van der Waals surface area contributed by atoms with Crippen LogP contribution in [-0.2, 0) is 6.54 Å². The molecule has 4 rings (SSSR count). The number of aromatic nitrogens is 1. The van der Waals surface area contributed by atoms with E-state index in [1.165, 1.54) is 11.1 Å². The van der Waals surface area contributed by atoms with Crippen molar-refractivity contribution in [1.82, 2.24) is 15.6 Å². The van der Waals surface area contributed by atoms with E-state index in [2.05, 4.69) is 50.8 Å². The van der Waals surface area contributed by atoms with Gasteiger partial charge in [-0.3, -0.25) is 4.79 Å². The second-order valence-corrected chi connectivity index (χ2v) is 7.42. The maximum absolute atomic E-state index is 12.6. The van der Waals surface area contributed by atoms with E-state index in [-0.39, 0.29) is 11.9 Å². The lowest BCUT2D eigenvalue weighted by atomic mass is 10.0. The highest BCUT2D eigenvalue weighted by atomic mass is 16.1. The van der Waals surface area contributed by atoms with Crippen molar-refractivity contribution in [2.24, 2.45) is 0 Å². The SMILES string of the molecule is Cc1cccc(CNC(=O)c2cccc(N3CCN[C@@H](c4ccccc4)C3)n2)c1. The van der Waals surface area contributed by atoms with Crippen LogP contribution in [0.4, 0.5) is 5.82 Å². The van der Waals surface area contributed by atoms with Crippen LogP contribution < -0.4 is 15.5 Å². The molecule has 5 heteroatoms. The fourth-order valence-electron chi connectivity index (χ4n) is 3.69. The number of nitrogens with one attached hydrogen (secondary N) is 2. The third-order valence-electron chi connectivity index (χ3n) is 5.20. The average molecular weight is 386 g/mol. The molecule has 0 saturated carbocycles. The summed E-state index contributed by atoms with van der Waals surface area (Å²) < 4.78 is 0. The molecule has 1 fully saturated rings. The molecule has 0 bridgehead atoms. The molecule has 2 heterocycles. The van der Waals surface area contributed by atoms with Crippen LogP contribution in [0.15, 0.2) is 72.8 Å². The largest absolute Gasteiger partial charge is 0.353 e. The van der Waals surface area contributed by atoms with Gasteiger partial charge in [0.25, 0.3) is 5.91 Å². The highest BCUT2D eigenvalue weighted by molar-refractivity contribution is 5.92. The molecule has 0 spiro atoms. The molecular weight excluding hydrogens is 360 g/mol. The van der Waals surface area contributed by atoms with Crippen molar-refractivity contribution >= 4 is 11.7 Å². The Balaban J connectivity index is 1.43. The summed E-state index contributed by atoms with van der Waals surface area (Å²) in [4.78, 5) is 19.5. The molecule has 148 valence electrons. The lowest BCUT2D eigenvalue weighted by Crippen LogP contribution is -2.46. The maximum atomic E-state index is 12.6. The Bertz CT molecular complexity index is 973. The lowest BCUT2D eigenvalue weighted by Gasteiger charge is -2.35. The van der Waals surface area contributed by atoms with E-state index >= 15 is 0 Å². The number of benzene rings is 2. The molecule has 5 nitrogen and oxygen atoms in total. The fourth-order valence-corrected chi connectivity index (χ4v) is 3.69. The number of pyridine rings is 1. The molecule has 0 aliphatic carbocycles. The molecule has 3 aromatic rings. The standard InChI is InChI=1S/C24H26N4O/c1-18-7-5-8-19(15-18)16-26-24(29)21-11-6-12-23(27-21)28-14-13-25-22(17-28)20-9-3-2-4-10-20/h2-12,15,22,25H,13-14,16-17H2,1H3,(H,26,29)/t22-/m1/s1. The van der Waals surface area contributed by atoms with Gasteiger partial charge in [-0.25, -0.2) is 4.98 Å². The summed E-state index contributed by atoms with van der Waals surface area (Å²) in [7, 11) is 0. The monoisotopic (exact) mass is 386 g/mol. The minimum Gasteiger partial charge on any atom is -0.353 e. The summed E-state index contributed by atoms with van der Waals surface area (Å²) in [5, 5.41) is 6.54.